The van der Waals surface area contributed by atoms with Gasteiger partial charge in [0.15, 0.2) is 0 Å². The second-order valence-corrected chi connectivity index (χ2v) is 18.7. The fourth-order valence-electron chi connectivity index (χ4n) is 11.0. The highest BCUT2D eigenvalue weighted by Gasteiger charge is 2.44. The normalized spacial score (nSPS) is 12.9. The number of hydrogen-bond donors (Lipinski definition) is 0. The Balaban J connectivity index is 1.09. The van der Waals surface area contributed by atoms with Crippen molar-refractivity contribution in [2.75, 3.05) is 9.80 Å². The van der Waals surface area contributed by atoms with E-state index in [1.54, 1.807) is 22.7 Å². The molecular weight excluding hydrogens is 814 g/mol. The van der Waals surface area contributed by atoms with E-state index in [0.29, 0.717) is 0 Å². The number of para-hydroxylation sites is 3. The van der Waals surface area contributed by atoms with Gasteiger partial charge in [0.1, 0.15) is 0 Å². The van der Waals surface area contributed by atoms with Crippen LogP contribution in [0.2, 0.25) is 0 Å². The topological polar surface area (TPSA) is 11.4 Å². The lowest BCUT2D eigenvalue weighted by Gasteiger charge is -2.45. The molecule has 2 aliphatic heterocycles. The van der Waals surface area contributed by atoms with Crippen LogP contribution >= 0.6 is 22.7 Å². The summed E-state index contributed by atoms with van der Waals surface area (Å²) in [5.74, 6) is 0. The highest BCUT2D eigenvalue weighted by molar-refractivity contribution is 7.17. The first kappa shape index (κ1) is 35.9. The zero-order valence-corrected chi connectivity index (χ0v) is 36.2. The summed E-state index contributed by atoms with van der Waals surface area (Å²) in [7, 11) is 0. The van der Waals surface area contributed by atoms with Gasteiger partial charge < -0.3 is 14.4 Å². The number of fused-ring (bicyclic) bond motifs is 9. The molecule has 3 nitrogen and oxygen atoms in total. The molecule has 0 N–H and O–H groups in total. The molecule has 298 valence electrons. The van der Waals surface area contributed by atoms with Crippen molar-refractivity contribution >= 4 is 122 Å². The number of hydrogen-bond acceptors (Lipinski definition) is 4. The molecule has 14 rings (SSSR count). The minimum absolute atomic E-state index is 0.00721. The summed E-state index contributed by atoms with van der Waals surface area (Å²) < 4.78 is 5.03. The molecule has 12 aromatic rings. The third-order valence-corrected chi connectivity index (χ3v) is 15.3. The van der Waals surface area contributed by atoms with Crippen molar-refractivity contribution in [2.45, 2.75) is 0 Å². The quantitative estimate of drug-likeness (QED) is 0.160. The number of thiophene rings is 2. The van der Waals surface area contributed by atoms with Crippen LogP contribution in [0.5, 0.6) is 0 Å². The summed E-state index contributed by atoms with van der Waals surface area (Å²) in [6.07, 6.45) is 0. The second kappa shape index (κ2) is 13.9. The van der Waals surface area contributed by atoms with Crippen LogP contribution in [-0.2, 0) is 0 Å². The van der Waals surface area contributed by atoms with Gasteiger partial charge in [-0.1, -0.05) is 127 Å². The van der Waals surface area contributed by atoms with Crippen molar-refractivity contribution in [1.82, 2.24) is 4.57 Å². The Morgan fingerprint density at radius 1 is 0.344 bits per heavy atom. The van der Waals surface area contributed by atoms with Crippen LogP contribution in [0, 0.1) is 0 Å². The Bertz CT molecular complexity index is 3770. The smallest absolute Gasteiger partial charge is 0.252 e. The summed E-state index contributed by atoms with van der Waals surface area (Å²) in [5.41, 5.74) is 19.5. The molecule has 6 heteroatoms. The first-order valence-corrected chi connectivity index (χ1v) is 23.6. The van der Waals surface area contributed by atoms with Crippen LogP contribution in [0.1, 0.15) is 0 Å². The van der Waals surface area contributed by atoms with Gasteiger partial charge in [0.25, 0.3) is 6.71 Å². The molecule has 2 aliphatic rings. The fraction of sp³-hybridized carbons (Fsp3) is 0. The Morgan fingerprint density at radius 3 is 1.45 bits per heavy atom. The Hall–Kier alpha value is -7.64. The van der Waals surface area contributed by atoms with Crippen molar-refractivity contribution < 1.29 is 0 Å². The lowest BCUT2D eigenvalue weighted by atomic mass is 9.33. The van der Waals surface area contributed by atoms with E-state index >= 15 is 0 Å². The molecule has 0 unspecified atom stereocenters. The van der Waals surface area contributed by atoms with Gasteiger partial charge in [-0.3, -0.25) is 0 Å². The van der Waals surface area contributed by atoms with E-state index in [2.05, 4.69) is 231 Å². The van der Waals surface area contributed by atoms with Crippen LogP contribution in [0.4, 0.5) is 34.1 Å². The second-order valence-electron chi connectivity index (χ2n) is 16.8. The standard InChI is InChI=1S/C58H36BN3S2/c1-3-14-37(15-4-1)56-42-32-34-63-54(42)30-28-49(56)61-48-23-12-9-20-44(48)59-45-27-26-39(60-46-21-10-7-18-40(46)41-19-8-11-22-47(41)60)36-53(45)62(52-25-13-24-51(61)58(52)59)50-29-31-55-43(33-35-64-55)57(50)38-16-5-2-6-17-38/h1-36H. The summed E-state index contributed by atoms with van der Waals surface area (Å²) in [6.45, 7) is -0.00721. The Morgan fingerprint density at radius 2 is 0.844 bits per heavy atom. The van der Waals surface area contributed by atoms with Gasteiger partial charge in [-0.2, -0.15) is 0 Å². The van der Waals surface area contributed by atoms with Crippen molar-refractivity contribution in [3.8, 4) is 27.9 Å². The van der Waals surface area contributed by atoms with Crippen molar-refractivity contribution in [1.29, 1.82) is 0 Å². The molecule has 3 aromatic heterocycles. The van der Waals surface area contributed by atoms with Gasteiger partial charge in [-0.25, -0.2) is 0 Å². The van der Waals surface area contributed by atoms with Crippen LogP contribution in [0.3, 0.4) is 0 Å². The van der Waals surface area contributed by atoms with Gasteiger partial charge >= 0.3 is 0 Å². The number of aromatic nitrogens is 1. The lowest BCUT2D eigenvalue weighted by molar-refractivity contribution is 1.17. The first-order chi connectivity index (χ1) is 31.8. The van der Waals surface area contributed by atoms with Gasteiger partial charge in [-0.05, 0) is 117 Å². The average molecular weight is 850 g/mol. The maximum Gasteiger partial charge on any atom is 0.252 e. The minimum atomic E-state index is -0.00721. The van der Waals surface area contributed by atoms with Crippen molar-refractivity contribution in [3.05, 3.63) is 217 Å². The first-order valence-electron chi connectivity index (χ1n) is 21.9. The number of benzene rings is 9. The molecule has 0 aliphatic carbocycles. The van der Waals surface area contributed by atoms with Crippen LogP contribution in [-0.4, -0.2) is 11.3 Å². The zero-order chi connectivity index (χ0) is 41.9. The van der Waals surface area contributed by atoms with Gasteiger partial charge in [-0.15, -0.1) is 22.7 Å². The van der Waals surface area contributed by atoms with E-state index in [9.17, 15) is 0 Å². The molecule has 0 atom stereocenters. The predicted octanol–water partition coefficient (Wildman–Crippen LogP) is 14.6. The summed E-state index contributed by atoms with van der Waals surface area (Å²) >= 11 is 3.61. The van der Waals surface area contributed by atoms with Gasteiger partial charge in [0.05, 0.1) is 22.4 Å². The molecular formula is C58H36BN3S2. The van der Waals surface area contributed by atoms with E-state index in [1.165, 1.54) is 115 Å². The Labute approximate surface area is 379 Å². The maximum atomic E-state index is 2.59. The van der Waals surface area contributed by atoms with Gasteiger partial charge in [0.2, 0.25) is 0 Å². The van der Waals surface area contributed by atoms with Crippen LogP contribution < -0.4 is 26.2 Å². The molecule has 0 saturated heterocycles. The third kappa shape index (κ3) is 5.09. The monoisotopic (exact) mass is 849 g/mol. The van der Waals surface area contributed by atoms with Crippen LogP contribution in [0.15, 0.2) is 217 Å². The Kier molecular flexibility index (Phi) is 7.82. The summed E-state index contributed by atoms with van der Waals surface area (Å²) in [4.78, 5) is 5.15. The molecule has 0 spiro atoms. The van der Waals surface area contributed by atoms with Crippen molar-refractivity contribution in [2.24, 2.45) is 0 Å². The lowest BCUT2D eigenvalue weighted by Crippen LogP contribution is -2.61. The van der Waals surface area contributed by atoms with E-state index in [-0.39, 0.29) is 6.71 Å². The van der Waals surface area contributed by atoms with Crippen LogP contribution in [0.25, 0.3) is 69.9 Å². The third-order valence-electron chi connectivity index (χ3n) is 13.6. The van der Waals surface area contributed by atoms with E-state index in [4.69, 9.17) is 0 Å². The molecule has 0 fully saturated rings. The number of rotatable bonds is 5. The SMILES string of the molecule is c1ccc(-c2c(N3c4ccccc4B4c5ccc(-n6c7ccccc7c7ccccc76)cc5N(c5ccc6sccc6c5-c5ccccc5)c5cccc3c54)ccc3sccc23)cc1. The predicted molar refractivity (Wildman–Crippen MR) is 276 cm³/mol. The highest BCUT2D eigenvalue weighted by Crippen LogP contribution is 2.51. The zero-order valence-electron chi connectivity index (χ0n) is 34.5. The molecule has 64 heavy (non-hydrogen) atoms. The average Bonchev–Trinajstić information content (AvgIpc) is 4.12. The van der Waals surface area contributed by atoms with E-state index in [0.717, 1.165) is 5.69 Å². The minimum Gasteiger partial charge on any atom is -0.311 e. The number of nitrogens with zero attached hydrogens (tertiary/aromatic N) is 3. The summed E-state index contributed by atoms with van der Waals surface area (Å²) in [6, 6.07) is 76.9. The molecule has 0 amide bonds. The molecule has 0 bridgehead atoms. The summed E-state index contributed by atoms with van der Waals surface area (Å²) in [5, 5.41) is 9.52. The van der Waals surface area contributed by atoms with Crippen molar-refractivity contribution in [3.63, 3.8) is 0 Å². The molecule has 5 heterocycles. The highest BCUT2D eigenvalue weighted by atomic mass is 32.1. The largest absolute Gasteiger partial charge is 0.311 e. The molecule has 0 radical (unpaired) electrons. The van der Waals surface area contributed by atoms with Gasteiger partial charge in [0, 0.05) is 70.5 Å². The molecule has 0 saturated carbocycles. The van der Waals surface area contributed by atoms with E-state index in [1.807, 2.05) is 0 Å². The maximum absolute atomic E-state index is 2.59. The molecule has 9 aromatic carbocycles. The van der Waals surface area contributed by atoms with E-state index < -0.39 is 0 Å². The fourth-order valence-corrected chi connectivity index (χ4v) is 12.6. The number of anilines is 6.